The summed E-state index contributed by atoms with van der Waals surface area (Å²) in [5.74, 6) is 0.271. The maximum absolute atomic E-state index is 11.9. The second-order valence-corrected chi connectivity index (χ2v) is 4.28. The van der Waals surface area contributed by atoms with Crippen molar-refractivity contribution in [2.75, 3.05) is 17.8 Å². The van der Waals surface area contributed by atoms with E-state index >= 15 is 0 Å². The predicted molar refractivity (Wildman–Crippen MR) is 69.1 cm³/mol. The van der Waals surface area contributed by atoms with E-state index in [1.807, 2.05) is 31.2 Å². The van der Waals surface area contributed by atoms with E-state index in [0.717, 1.165) is 12.1 Å². The number of hydrogen-bond donors (Lipinski definition) is 0. The summed E-state index contributed by atoms with van der Waals surface area (Å²) in [4.78, 5) is 13.5. The van der Waals surface area contributed by atoms with Crippen molar-refractivity contribution in [1.29, 1.82) is 0 Å². The highest BCUT2D eigenvalue weighted by Gasteiger charge is 2.17. The average Bonchev–Trinajstić information content (AvgIpc) is 2.36. The van der Waals surface area contributed by atoms with Crippen molar-refractivity contribution in [1.82, 2.24) is 0 Å². The van der Waals surface area contributed by atoms with Crippen molar-refractivity contribution < 1.29 is 4.79 Å². The summed E-state index contributed by atoms with van der Waals surface area (Å²) in [6.07, 6.45) is 1.01. The van der Waals surface area contributed by atoms with Crippen LogP contribution in [0.15, 0.2) is 24.3 Å². The molecule has 1 aromatic rings. The van der Waals surface area contributed by atoms with Crippen molar-refractivity contribution in [2.24, 2.45) is 5.92 Å². The first-order valence-electron chi connectivity index (χ1n) is 5.52. The van der Waals surface area contributed by atoms with Crippen LogP contribution in [0.5, 0.6) is 0 Å². The average molecular weight is 240 g/mol. The minimum atomic E-state index is -0.141. The summed E-state index contributed by atoms with van der Waals surface area (Å²) in [6, 6.07) is 8.03. The first-order chi connectivity index (χ1) is 7.60. The number of carbonyl (C=O) groups excluding carboxylic acids is 1. The zero-order chi connectivity index (χ0) is 12.1. The molecule has 2 nitrogen and oxygen atoms in total. The van der Waals surface area contributed by atoms with Gasteiger partial charge in [0.25, 0.3) is 0 Å². The molecule has 0 heterocycles. The Bertz CT molecular complexity index is 347. The molecule has 0 bridgehead atoms. The van der Waals surface area contributed by atoms with Gasteiger partial charge in [-0.05, 0) is 24.1 Å². The smallest absolute Gasteiger partial charge is 0.230 e. The standard InChI is InChI=1S/C13H18ClNO/c1-4-11-5-7-12(8-6-11)15(3)13(16)10(2)9-14/h5-8,10H,4,9H2,1-3H3. The number of alkyl halides is 1. The molecule has 1 atom stereocenters. The molecule has 0 aromatic heterocycles. The Morgan fingerprint density at radius 1 is 1.38 bits per heavy atom. The van der Waals surface area contributed by atoms with E-state index < -0.39 is 0 Å². The Hall–Kier alpha value is -1.02. The van der Waals surface area contributed by atoms with Gasteiger partial charge in [-0.3, -0.25) is 4.79 Å². The first kappa shape index (κ1) is 13.0. The van der Waals surface area contributed by atoms with E-state index in [9.17, 15) is 4.79 Å². The summed E-state index contributed by atoms with van der Waals surface area (Å²) in [5.41, 5.74) is 2.19. The molecule has 16 heavy (non-hydrogen) atoms. The molecule has 1 amide bonds. The van der Waals surface area contributed by atoms with Crippen molar-refractivity contribution in [3.8, 4) is 0 Å². The molecule has 0 aliphatic heterocycles. The molecule has 0 radical (unpaired) electrons. The number of nitrogens with zero attached hydrogens (tertiary/aromatic N) is 1. The summed E-state index contributed by atoms with van der Waals surface area (Å²) >= 11 is 5.68. The molecular formula is C13H18ClNO. The van der Waals surface area contributed by atoms with Gasteiger partial charge in [0.1, 0.15) is 0 Å². The maximum Gasteiger partial charge on any atom is 0.230 e. The van der Waals surface area contributed by atoms with Gasteiger partial charge in [-0.15, -0.1) is 11.6 Å². The highest BCUT2D eigenvalue weighted by Crippen LogP contribution is 2.16. The van der Waals surface area contributed by atoms with Gasteiger partial charge < -0.3 is 4.90 Å². The van der Waals surface area contributed by atoms with E-state index in [-0.39, 0.29) is 11.8 Å². The number of benzene rings is 1. The fourth-order valence-corrected chi connectivity index (χ4v) is 1.61. The van der Waals surface area contributed by atoms with Crippen LogP contribution >= 0.6 is 11.6 Å². The lowest BCUT2D eigenvalue weighted by Gasteiger charge is -2.20. The third-order valence-electron chi connectivity index (χ3n) is 2.72. The summed E-state index contributed by atoms with van der Waals surface area (Å²) < 4.78 is 0. The molecule has 0 saturated carbocycles. The fourth-order valence-electron chi connectivity index (χ4n) is 1.48. The van der Waals surface area contributed by atoms with Gasteiger partial charge in [-0.2, -0.15) is 0 Å². The lowest BCUT2D eigenvalue weighted by Crippen LogP contribution is -2.32. The Balaban J connectivity index is 2.79. The fraction of sp³-hybridized carbons (Fsp3) is 0.462. The summed E-state index contributed by atoms with van der Waals surface area (Å²) in [6.45, 7) is 3.95. The van der Waals surface area contributed by atoms with Gasteiger partial charge >= 0.3 is 0 Å². The van der Waals surface area contributed by atoms with E-state index in [0.29, 0.717) is 5.88 Å². The molecule has 1 aromatic carbocycles. The van der Waals surface area contributed by atoms with Crippen LogP contribution in [0, 0.1) is 5.92 Å². The van der Waals surface area contributed by atoms with Crippen molar-refractivity contribution in [2.45, 2.75) is 20.3 Å². The SMILES string of the molecule is CCc1ccc(N(C)C(=O)C(C)CCl)cc1. The highest BCUT2D eigenvalue weighted by molar-refractivity contribution is 6.19. The van der Waals surface area contributed by atoms with Gasteiger partial charge in [0.2, 0.25) is 5.91 Å². The number of aryl methyl sites for hydroxylation is 1. The minimum Gasteiger partial charge on any atom is -0.315 e. The number of amides is 1. The van der Waals surface area contributed by atoms with Crippen molar-refractivity contribution in [3.63, 3.8) is 0 Å². The predicted octanol–water partition coefficient (Wildman–Crippen LogP) is 3.09. The second-order valence-electron chi connectivity index (χ2n) is 3.97. The largest absolute Gasteiger partial charge is 0.315 e. The Kier molecular flexibility index (Phi) is 4.81. The van der Waals surface area contributed by atoms with E-state index in [1.54, 1.807) is 11.9 Å². The molecule has 0 spiro atoms. The Morgan fingerprint density at radius 3 is 2.38 bits per heavy atom. The first-order valence-corrected chi connectivity index (χ1v) is 6.06. The third-order valence-corrected chi connectivity index (χ3v) is 3.18. The normalized spacial score (nSPS) is 12.2. The molecular weight excluding hydrogens is 222 g/mol. The summed E-state index contributed by atoms with van der Waals surface area (Å²) in [7, 11) is 1.78. The molecule has 0 fully saturated rings. The third kappa shape index (κ3) is 2.99. The van der Waals surface area contributed by atoms with Crippen molar-refractivity contribution >= 4 is 23.2 Å². The van der Waals surface area contributed by atoms with Crippen LogP contribution in [0.4, 0.5) is 5.69 Å². The molecule has 1 unspecified atom stereocenters. The molecule has 0 N–H and O–H groups in total. The van der Waals surface area contributed by atoms with Crippen LogP contribution in [-0.4, -0.2) is 18.8 Å². The van der Waals surface area contributed by atoms with E-state index in [4.69, 9.17) is 11.6 Å². The maximum atomic E-state index is 11.9. The van der Waals surface area contributed by atoms with Crippen LogP contribution in [0.1, 0.15) is 19.4 Å². The van der Waals surface area contributed by atoms with Crippen molar-refractivity contribution in [3.05, 3.63) is 29.8 Å². The number of carbonyl (C=O) groups is 1. The molecule has 1 rings (SSSR count). The highest BCUT2D eigenvalue weighted by atomic mass is 35.5. The number of rotatable bonds is 4. The van der Waals surface area contributed by atoms with Gasteiger partial charge in [0.15, 0.2) is 0 Å². The second kappa shape index (κ2) is 5.90. The van der Waals surface area contributed by atoms with Gasteiger partial charge in [0, 0.05) is 24.5 Å². The van der Waals surface area contributed by atoms with Gasteiger partial charge in [0.05, 0.1) is 0 Å². The van der Waals surface area contributed by atoms with Gasteiger partial charge in [-0.25, -0.2) is 0 Å². The minimum absolute atomic E-state index is 0.0549. The number of halogens is 1. The number of anilines is 1. The quantitative estimate of drug-likeness (QED) is 0.740. The zero-order valence-corrected chi connectivity index (χ0v) is 10.8. The number of hydrogen-bond acceptors (Lipinski definition) is 1. The Labute approximate surface area is 102 Å². The van der Waals surface area contributed by atoms with Crippen LogP contribution in [0.25, 0.3) is 0 Å². The van der Waals surface area contributed by atoms with Gasteiger partial charge in [-0.1, -0.05) is 26.0 Å². The van der Waals surface area contributed by atoms with Crippen LogP contribution < -0.4 is 4.90 Å². The van der Waals surface area contributed by atoms with Crippen LogP contribution in [-0.2, 0) is 11.2 Å². The zero-order valence-electron chi connectivity index (χ0n) is 10.0. The molecule has 3 heteroatoms. The molecule has 0 aliphatic rings. The lowest BCUT2D eigenvalue weighted by molar-refractivity contribution is -0.121. The van der Waals surface area contributed by atoms with Crippen LogP contribution in [0.2, 0.25) is 0 Å². The van der Waals surface area contributed by atoms with E-state index in [1.165, 1.54) is 5.56 Å². The lowest BCUT2D eigenvalue weighted by atomic mass is 10.1. The monoisotopic (exact) mass is 239 g/mol. The molecule has 88 valence electrons. The summed E-state index contributed by atoms with van der Waals surface area (Å²) in [5, 5.41) is 0. The van der Waals surface area contributed by atoms with Crippen LogP contribution in [0.3, 0.4) is 0 Å². The molecule has 0 saturated heterocycles. The molecule has 0 aliphatic carbocycles. The van der Waals surface area contributed by atoms with E-state index in [2.05, 4.69) is 6.92 Å². The topological polar surface area (TPSA) is 20.3 Å². The Morgan fingerprint density at radius 2 is 1.94 bits per heavy atom.